The molecule has 1 N–H and O–H groups in total. The van der Waals surface area contributed by atoms with Gasteiger partial charge in [-0.2, -0.15) is 0 Å². The SMILES string of the molecule is COC1CC(CC(=O)O)N(C(=O)CCc2ccc(Br)c(C)c2)C1. The summed E-state index contributed by atoms with van der Waals surface area (Å²) < 4.78 is 6.36. The third-order valence-electron chi connectivity index (χ3n) is 4.29. The average molecular weight is 384 g/mol. The largest absolute Gasteiger partial charge is 0.481 e. The average Bonchev–Trinajstić information content (AvgIpc) is 2.90. The van der Waals surface area contributed by atoms with Gasteiger partial charge < -0.3 is 14.7 Å². The van der Waals surface area contributed by atoms with Crippen LogP contribution in [0.2, 0.25) is 0 Å². The lowest BCUT2D eigenvalue weighted by Gasteiger charge is -2.23. The Bertz CT molecular complexity index is 590. The van der Waals surface area contributed by atoms with Gasteiger partial charge in [-0.3, -0.25) is 9.59 Å². The molecule has 5 nitrogen and oxygen atoms in total. The molecule has 0 aliphatic carbocycles. The minimum Gasteiger partial charge on any atom is -0.481 e. The third-order valence-corrected chi connectivity index (χ3v) is 5.18. The molecule has 0 aromatic heterocycles. The van der Waals surface area contributed by atoms with E-state index < -0.39 is 5.97 Å². The number of aryl methyl sites for hydroxylation is 2. The van der Waals surface area contributed by atoms with E-state index in [4.69, 9.17) is 9.84 Å². The molecule has 1 aromatic carbocycles. The number of hydrogen-bond donors (Lipinski definition) is 1. The second-order valence-electron chi connectivity index (χ2n) is 5.97. The number of likely N-dealkylation sites (tertiary alicyclic amines) is 1. The maximum Gasteiger partial charge on any atom is 0.305 e. The van der Waals surface area contributed by atoms with Crippen molar-refractivity contribution in [2.24, 2.45) is 0 Å². The quantitative estimate of drug-likeness (QED) is 0.819. The van der Waals surface area contributed by atoms with Crippen LogP contribution in [0.5, 0.6) is 0 Å². The number of ether oxygens (including phenoxy) is 1. The number of amides is 1. The number of aliphatic carboxylic acids is 1. The Morgan fingerprint density at radius 2 is 2.17 bits per heavy atom. The van der Waals surface area contributed by atoms with Gasteiger partial charge in [-0.1, -0.05) is 28.1 Å². The van der Waals surface area contributed by atoms with Gasteiger partial charge >= 0.3 is 5.97 Å². The molecule has 1 aliphatic rings. The third kappa shape index (κ3) is 4.78. The Labute approximate surface area is 144 Å². The summed E-state index contributed by atoms with van der Waals surface area (Å²) in [5.74, 6) is -0.885. The molecule has 1 saturated heterocycles. The van der Waals surface area contributed by atoms with Gasteiger partial charge in [0.25, 0.3) is 0 Å². The van der Waals surface area contributed by atoms with Gasteiger partial charge in [-0.05, 0) is 37.0 Å². The van der Waals surface area contributed by atoms with Crippen LogP contribution in [0, 0.1) is 6.92 Å². The van der Waals surface area contributed by atoms with Crippen molar-refractivity contribution < 1.29 is 19.4 Å². The maximum absolute atomic E-state index is 12.5. The zero-order chi connectivity index (χ0) is 17.0. The van der Waals surface area contributed by atoms with Crippen molar-refractivity contribution in [3.8, 4) is 0 Å². The molecule has 1 amide bonds. The summed E-state index contributed by atoms with van der Waals surface area (Å²) in [7, 11) is 1.60. The predicted octanol–water partition coefficient (Wildman–Crippen LogP) is 2.78. The van der Waals surface area contributed by atoms with Crippen LogP contribution in [0.1, 0.15) is 30.4 Å². The van der Waals surface area contributed by atoms with Gasteiger partial charge in [0.05, 0.1) is 12.5 Å². The van der Waals surface area contributed by atoms with Crippen LogP contribution in [0.4, 0.5) is 0 Å². The number of benzene rings is 1. The highest BCUT2D eigenvalue weighted by molar-refractivity contribution is 9.10. The smallest absolute Gasteiger partial charge is 0.305 e. The summed E-state index contributed by atoms with van der Waals surface area (Å²) in [6.45, 7) is 2.49. The van der Waals surface area contributed by atoms with Crippen LogP contribution < -0.4 is 0 Å². The summed E-state index contributed by atoms with van der Waals surface area (Å²) in [5, 5.41) is 9.01. The zero-order valence-corrected chi connectivity index (χ0v) is 15.0. The Kier molecular flexibility index (Phi) is 6.18. The predicted molar refractivity (Wildman–Crippen MR) is 90.4 cm³/mol. The number of carboxylic acid groups (broad SMARTS) is 1. The maximum atomic E-state index is 12.5. The molecule has 1 heterocycles. The monoisotopic (exact) mass is 383 g/mol. The number of carboxylic acids is 1. The summed E-state index contributed by atoms with van der Waals surface area (Å²) >= 11 is 3.46. The molecule has 1 fully saturated rings. The summed E-state index contributed by atoms with van der Waals surface area (Å²) in [4.78, 5) is 25.2. The van der Waals surface area contributed by atoms with E-state index in [0.717, 1.165) is 15.6 Å². The van der Waals surface area contributed by atoms with E-state index in [2.05, 4.69) is 22.0 Å². The van der Waals surface area contributed by atoms with E-state index >= 15 is 0 Å². The standard InChI is InChI=1S/C17H22BrNO4/c1-11-7-12(3-5-15(11)18)4-6-16(20)19-10-14(23-2)8-13(19)9-17(21)22/h3,5,7,13-14H,4,6,8-10H2,1-2H3,(H,21,22). The Hall–Kier alpha value is -1.40. The first-order valence-corrected chi connectivity index (χ1v) is 8.49. The van der Waals surface area contributed by atoms with Crippen molar-refractivity contribution in [2.45, 2.75) is 44.8 Å². The molecule has 0 radical (unpaired) electrons. The Morgan fingerprint density at radius 3 is 2.78 bits per heavy atom. The van der Waals surface area contributed by atoms with E-state index in [1.807, 2.05) is 19.1 Å². The van der Waals surface area contributed by atoms with Crippen LogP contribution in [-0.2, 0) is 20.7 Å². The first kappa shape index (κ1) is 17.9. The van der Waals surface area contributed by atoms with Crippen molar-refractivity contribution in [3.05, 3.63) is 33.8 Å². The lowest BCUT2D eigenvalue weighted by molar-refractivity contribution is -0.139. The first-order valence-electron chi connectivity index (χ1n) is 7.69. The van der Waals surface area contributed by atoms with Gasteiger partial charge in [0.15, 0.2) is 0 Å². The van der Waals surface area contributed by atoms with Gasteiger partial charge in [-0.15, -0.1) is 0 Å². The molecule has 1 aromatic rings. The summed E-state index contributed by atoms with van der Waals surface area (Å²) in [6, 6.07) is 5.78. The van der Waals surface area contributed by atoms with Gasteiger partial charge in [0.1, 0.15) is 0 Å². The number of rotatable bonds is 6. The lowest BCUT2D eigenvalue weighted by atomic mass is 10.1. The van der Waals surface area contributed by atoms with E-state index in [1.54, 1.807) is 12.0 Å². The van der Waals surface area contributed by atoms with Crippen molar-refractivity contribution in [2.75, 3.05) is 13.7 Å². The molecular formula is C17H22BrNO4. The van der Waals surface area contributed by atoms with Crippen LogP contribution in [-0.4, -0.2) is 47.7 Å². The molecular weight excluding hydrogens is 362 g/mol. The topological polar surface area (TPSA) is 66.8 Å². The van der Waals surface area contributed by atoms with Gasteiger partial charge in [0, 0.05) is 30.6 Å². The van der Waals surface area contributed by atoms with Crippen molar-refractivity contribution in [1.29, 1.82) is 0 Å². The molecule has 2 unspecified atom stereocenters. The van der Waals surface area contributed by atoms with E-state index in [0.29, 0.717) is 25.8 Å². The minimum atomic E-state index is -0.881. The highest BCUT2D eigenvalue weighted by atomic mass is 79.9. The van der Waals surface area contributed by atoms with Gasteiger partial charge in [0.2, 0.25) is 5.91 Å². The molecule has 0 spiro atoms. The molecule has 2 rings (SSSR count). The second kappa shape index (κ2) is 7.93. The number of carbonyl (C=O) groups excluding carboxylic acids is 1. The normalized spacial score (nSPS) is 20.7. The fraction of sp³-hybridized carbons (Fsp3) is 0.529. The van der Waals surface area contributed by atoms with Crippen molar-refractivity contribution in [1.82, 2.24) is 4.90 Å². The number of carbonyl (C=O) groups is 2. The van der Waals surface area contributed by atoms with Crippen LogP contribution in [0.3, 0.4) is 0 Å². The van der Waals surface area contributed by atoms with Gasteiger partial charge in [-0.25, -0.2) is 0 Å². The lowest BCUT2D eigenvalue weighted by Crippen LogP contribution is -2.37. The summed E-state index contributed by atoms with van der Waals surface area (Å²) in [6.07, 6.45) is 1.53. The van der Waals surface area contributed by atoms with E-state index in [-0.39, 0.29) is 24.5 Å². The number of methoxy groups -OCH3 is 1. The molecule has 0 bridgehead atoms. The Morgan fingerprint density at radius 1 is 1.43 bits per heavy atom. The molecule has 23 heavy (non-hydrogen) atoms. The molecule has 6 heteroatoms. The van der Waals surface area contributed by atoms with Crippen molar-refractivity contribution in [3.63, 3.8) is 0 Å². The highest BCUT2D eigenvalue weighted by Gasteiger charge is 2.36. The fourth-order valence-electron chi connectivity index (χ4n) is 3.00. The molecule has 2 atom stereocenters. The fourth-order valence-corrected chi connectivity index (χ4v) is 3.25. The highest BCUT2D eigenvalue weighted by Crippen LogP contribution is 2.24. The number of hydrogen-bond acceptors (Lipinski definition) is 3. The molecule has 0 saturated carbocycles. The van der Waals surface area contributed by atoms with E-state index in [1.165, 1.54) is 0 Å². The second-order valence-corrected chi connectivity index (χ2v) is 6.83. The minimum absolute atomic E-state index is 0.00336. The molecule has 126 valence electrons. The van der Waals surface area contributed by atoms with E-state index in [9.17, 15) is 9.59 Å². The van der Waals surface area contributed by atoms with Crippen LogP contribution in [0.15, 0.2) is 22.7 Å². The van der Waals surface area contributed by atoms with Crippen molar-refractivity contribution >= 4 is 27.8 Å². The number of nitrogens with zero attached hydrogens (tertiary/aromatic N) is 1. The number of halogens is 1. The van der Waals surface area contributed by atoms with Crippen LogP contribution in [0.25, 0.3) is 0 Å². The Balaban J connectivity index is 1.97. The van der Waals surface area contributed by atoms with Crippen LogP contribution >= 0.6 is 15.9 Å². The summed E-state index contributed by atoms with van der Waals surface area (Å²) in [5.41, 5.74) is 2.25. The molecule has 1 aliphatic heterocycles. The zero-order valence-electron chi connectivity index (χ0n) is 13.4. The first-order chi connectivity index (χ1) is 10.9.